The highest BCUT2D eigenvalue weighted by Gasteiger charge is 2.20. The van der Waals surface area contributed by atoms with E-state index in [2.05, 4.69) is 38.6 Å². The highest BCUT2D eigenvalue weighted by atomic mass is 16.5. The number of nitrogens with zero attached hydrogens (tertiary/aromatic N) is 2. The molecule has 0 saturated carbocycles. The van der Waals surface area contributed by atoms with Crippen molar-refractivity contribution in [2.45, 2.75) is 13.0 Å². The molecular weight excluding hydrogens is 380 g/mol. The Kier molecular flexibility index (Phi) is 6.30. The molecule has 158 valence electrons. The number of piperazine rings is 1. The largest absolute Gasteiger partial charge is 0.493 e. The highest BCUT2D eigenvalue weighted by molar-refractivity contribution is 5.96. The van der Waals surface area contributed by atoms with E-state index in [0.717, 1.165) is 51.5 Å². The number of hydrogen-bond acceptors (Lipinski definition) is 5. The zero-order chi connectivity index (χ0) is 20.9. The summed E-state index contributed by atoms with van der Waals surface area (Å²) in [6.07, 6.45) is 1.00. The van der Waals surface area contributed by atoms with Crippen LogP contribution in [0, 0.1) is 0 Å². The van der Waals surface area contributed by atoms with Gasteiger partial charge < -0.3 is 15.4 Å². The zero-order valence-electron chi connectivity index (χ0n) is 17.3. The molecule has 0 unspecified atom stereocenters. The fourth-order valence-electron chi connectivity index (χ4n) is 3.95. The topological polar surface area (TPSA) is 73.9 Å². The van der Waals surface area contributed by atoms with Crippen LogP contribution in [0.2, 0.25) is 0 Å². The number of carbonyl (C=O) groups is 2. The van der Waals surface area contributed by atoms with E-state index in [4.69, 9.17) is 4.74 Å². The molecule has 30 heavy (non-hydrogen) atoms. The summed E-state index contributed by atoms with van der Waals surface area (Å²) in [5.41, 5.74) is 3.91. The van der Waals surface area contributed by atoms with E-state index < -0.39 is 0 Å². The van der Waals surface area contributed by atoms with Crippen molar-refractivity contribution in [3.05, 3.63) is 59.2 Å². The molecule has 2 aromatic carbocycles. The second kappa shape index (κ2) is 9.28. The first-order valence-corrected chi connectivity index (χ1v) is 10.4. The predicted octanol–water partition coefficient (Wildman–Crippen LogP) is 1.74. The Bertz CT molecular complexity index is 905. The van der Waals surface area contributed by atoms with Gasteiger partial charge in [0.05, 0.1) is 13.2 Å². The van der Waals surface area contributed by atoms with Gasteiger partial charge >= 0.3 is 0 Å². The summed E-state index contributed by atoms with van der Waals surface area (Å²) in [4.78, 5) is 28.6. The van der Waals surface area contributed by atoms with E-state index in [1.54, 1.807) is 31.3 Å². The molecule has 0 radical (unpaired) electrons. The average molecular weight is 409 g/mol. The number of benzene rings is 2. The maximum absolute atomic E-state index is 12.4. The smallest absolute Gasteiger partial charge is 0.251 e. The molecule has 2 heterocycles. The molecule has 2 N–H and O–H groups in total. The Morgan fingerprint density at radius 2 is 1.73 bits per heavy atom. The number of anilines is 1. The van der Waals surface area contributed by atoms with E-state index in [-0.39, 0.29) is 11.8 Å². The van der Waals surface area contributed by atoms with Crippen LogP contribution in [0.25, 0.3) is 0 Å². The number of hydrogen-bond donors (Lipinski definition) is 2. The molecule has 0 aromatic heterocycles. The summed E-state index contributed by atoms with van der Waals surface area (Å²) in [6, 6.07) is 13.4. The van der Waals surface area contributed by atoms with Crippen molar-refractivity contribution in [1.82, 2.24) is 15.1 Å². The van der Waals surface area contributed by atoms with Gasteiger partial charge in [0.25, 0.3) is 5.91 Å². The second-order valence-corrected chi connectivity index (χ2v) is 7.80. The monoisotopic (exact) mass is 408 g/mol. The zero-order valence-corrected chi connectivity index (χ0v) is 17.3. The van der Waals surface area contributed by atoms with Gasteiger partial charge in [-0.05, 0) is 41.5 Å². The molecule has 0 bridgehead atoms. The first-order valence-electron chi connectivity index (χ1n) is 10.4. The number of ether oxygens (including phenoxy) is 1. The lowest BCUT2D eigenvalue weighted by Gasteiger charge is -2.34. The minimum Gasteiger partial charge on any atom is -0.493 e. The van der Waals surface area contributed by atoms with Crippen LogP contribution in [0.15, 0.2) is 42.5 Å². The molecule has 0 atom stereocenters. The molecule has 2 aromatic rings. The van der Waals surface area contributed by atoms with Crippen molar-refractivity contribution in [1.29, 1.82) is 0 Å². The third kappa shape index (κ3) is 4.98. The van der Waals surface area contributed by atoms with Gasteiger partial charge in [-0.2, -0.15) is 0 Å². The maximum Gasteiger partial charge on any atom is 0.251 e. The lowest BCUT2D eigenvalue weighted by molar-refractivity contribution is -0.117. The van der Waals surface area contributed by atoms with Crippen LogP contribution < -0.4 is 15.4 Å². The summed E-state index contributed by atoms with van der Waals surface area (Å²) in [5, 5.41) is 5.49. The molecule has 7 heteroatoms. The number of nitrogens with one attached hydrogen (secondary N) is 2. The van der Waals surface area contributed by atoms with Crippen molar-refractivity contribution in [3.63, 3.8) is 0 Å². The molecule has 1 fully saturated rings. The van der Waals surface area contributed by atoms with Crippen molar-refractivity contribution in [2.24, 2.45) is 0 Å². The van der Waals surface area contributed by atoms with Gasteiger partial charge in [-0.15, -0.1) is 0 Å². The Morgan fingerprint density at radius 1 is 1.00 bits per heavy atom. The van der Waals surface area contributed by atoms with E-state index in [1.807, 2.05) is 0 Å². The molecule has 2 aliphatic heterocycles. The molecule has 1 saturated heterocycles. The Labute approximate surface area is 177 Å². The fraction of sp³-hybridized carbons (Fsp3) is 0.391. The van der Waals surface area contributed by atoms with E-state index in [9.17, 15) is 9.59 Å². The van der Waals surface area contributed by atoms with E-state index in [0.29, 0.717) is 17.8 Å². The Balaban J connectivity index is 1.21. The lowest BCUT2D eigenvalue weighted by Crippen LogP contribution is -2.48. The summed E-state index contributed by atoms with van der Waals surface area (Å²) in [5.74, 6) is 0.853. The number of carbonyl (C=O) groups excluding carboxylic acids is 2. The minimum absolute atomic E-state index is 0.0326. The molecule has 0 spiro atoms. The van der Waals surface area contributed by atoms with Crippen LogP contribution in [-0.4, -0.2) is 68.0 Å². The van der Waals surface area contributed by atoms with Crippen LogP contribution >= 0.6 is 0 Å². The van der Waals surface area contributed by atoms with Crippen molar-refractivity contribution in [3.8, 4) is 5.75 Å². The van der Waals surface area contributed by atoms with Crippen LogP contribution in [0.4, 0.5) is 5.69 Å². The first kappa shape index (κ1) is 20.4. The van der Waals surface area contributed by atoms with Crippen molar-refractivity contribution in [2.75, 3.05) is 51.7 Å². The maximum atomic E-state index is 12.4. The van der Waals surface area contributed by atoms with Gasteiger partial charge in [-0.25, -0.2) is 0 Å². The van der Waals surface area contributed by atoms with Crippen LogP contribution in [0.5, 0.6) is 5.75 Å². The summed E-state index contributed by atoms with van der Waals surface area (Å²) in [6.45, 7) is 5.74. The quantitative estimate of drug-likeness (QED) is 0.762. The normalized spacial score (nSPS) is 16.6. The predicted molar refractivity (Wildman–Crippen MR) is 116 cm³/mol. The number of amides is 2. The van der Waals surface area contributed by atoms with Gasteiger partial charge in [-0.3, -0.25) is 19.4 Å². The van der Waals surface area contributed by atoms with E-state index >= 15 is 0 Å². The molecule has 2 amide bonds. The highest BCUT2D eigenvalue weighted by Crippen LogP contribution is 2.26. The molecular formula is C23H28N4O3. The summed E-state index contributed by atoms with van der Waals surface area (Å²) in [7, 11) is 1.60. The van der Waals surface area contributed by atoms with Crippen LogP contribution in [0.3, 0.4) is 0 Å². The molecule has 7 nitrogen and oxygen atoms in total. The van der Waals surface area contributed by atoms with E-state index in [1.165, 1.54) is 11.1 Å². The fourth-order valence-corrected chi connectivity index (χ4v) is 3.95. The Hall–Kier alpha value is -2.90. The average Bonchev–Trinajstić information content (AvgIpc) is 3.23. The molecule has 0 aliphatic carbocycles. The van der Waals surface area contributed by atoms with Crippen LogP contribution in [-0.2, 0) is 17.8 Å². The SMILES string of the molecule is CNC(=O)c1ccc(NC(=O)CN2CCN(Cc3ccc4c(c3)CCO4)CC2)cc1. The second-order valence-electron chi connectivity index (χ2n) is 7.80. The van der Waals surface area contributed by atoms with Gasteiger partial charge in [0.15, 0.2) is 0 Å². The third-order valence-corrected chi connectivity index (χ3v) is 5.65. The first-order chi connectivity index (χ1) is 14.6. The van der Waals surface area contributed by atoms with Crippen molar-refractivity contribution >= 4 is 17.5 Å². The molecule has 4 rings (SSSR count). The van der Waals surface area contributed by atoms with Gasteiger partial charge in [0.1, 0.15) is 5.75 Å². The van der Waals surface area contributed by atoms with Crippen molar-refractivity contribution < 1.29 is 14.3 Å². The van der Waals surface area contributed by atoms with Gasteiger partial charge in [0, 0.05) is 57.4 Å². The van der Waals surface area contributed by atoms with Gasteiger partial charge in [-0.1, -0.05) is 12.1 Å². The lowest BCUT2D eigenvalue weighted by atomic mass is 10.1. The van der Waals surface area contributed by atoms with Gasteiger partial charge in [0.2, 0.25) is 5.91 Å². The van der Waals surface area contributed by atoms with Crippen LogP contribution in [0.1, 0.15) is 21.5 Å². The summed E-state index contributed by atoms with van der Waals surface area (Å²) >= 11 is 0. The standard InChI is InChI=1S/C23H28N4O3/c1-24-23(29)18-3-5-20(6-4-18)25-22(28)16-27-11-9-26(10-12-27)15-17-2-7-21-19(14-17)8-13-30-21/h2-7,14H,8-13,15-16H2,1H3,(H,24,29)(H,25,28). The minimum atomic E-state index is -0.140. The number of rotatable bonds is 6. The Morgan fingerprint density at radius 3 is 2.47 bits per heavy atom. The number of fused-ring (bicyclic) bond motifs is 1. The third-order valence-electron chi connectivity index (χ3n) is 5.65. The molecule has 2 aliphatic rings. The summed E-state index contributed by atoms with van der Waals surface area (Å²) < 4.78 is 5.58.